The molecule has 5 nitrogen and oxygen atoms in total. The van der Waals surface area contributed by atoms with Gasteiger partial charge in [-0.3, -0.25) is 4.79 Å². The molecule has 1 rings (SSSR count). The lowest BCUT2D eigenvalue weighted by Crippen LogP contribution is -2.45. The van der Waals surface area contributed by atoms with Crippen molar-refractivity contribution < 1.29 is 14.3 Å². The summed E-state index contributed by atoms with van der Waals surface area (Å²) in [5.41, 5.74) is -0.469. The van der Waals surface area contributed by atoms with E-state index < -0.39 is 5.60 Å². The minimum atomic E-state index is -0.469. The quantitative estimate of drug-likeness (QED) is 0.239. The monoisotopic (exact) mass is 452 g/mol. The zero-order valence-corrected chi connectivity index (χ0v) is 21.6. The minimum Gasteiger partial charge on any atom is -0.444 e. The van der Waals surface area contributed by atoms with E-state index in [0.717, 1.165) is 38.5 Å². The molecule has 1 aliphatic carbocycles. The molecule has 1 fully saturated rings. The molecule has 0 heterocycles. The van der Waals surface area contributed by atoms with E-state index in [4.69, 9.17) is 4.74 Å². The molecule has 2 amide bonds. The molecule has 0 unspecified atom stereocenters. The van der Waals surface area contributed by atoms with Crippen LogP contribution in [0.25, 0.3) is 0 Å². The van der Waals surface area contributed by atoms with Gasteiger partial charge in [0.15, 0.2) is 0 Å². The number of rotatable bonds is 16. The highest BCUT2D eigenvalue weighted by molar-refractivity contribution is 5.76. The fraction of sp³-hybridized carbons (Fsp3) is 0.926. The van der Waals surface area contributed by atoms with E-state index in [9.17, 15) is 9.59 Å². The molecule has 0 saturated heterocycles. The second-order valence-corrected chi connectivity index (χ2v) is 10.8. The van der Waals surface area contributed by atoms with Crippen molar-refractivity contribution in [2.75, 3.05) is 0 Å². The summed E-state index contributed by atoms with van der Waals surface area (Å²) in [6, 6.07) is 0.403. The Morgan fingerprint density at radius 3 is 1.53 bits per heavy atom. The highest BCUT2D eigenvalue weighted by Crippen LogP contribution is 2.20. The first-order chi connectivity index (χ1) is 15.3. The first kappa shape index (κ1) is 28.8. The molecule has 0 aromatic rings. The molecule has 1 saturated carbocycles. The number of carbonyl (C=O) groups is 2. The molecular formula is C27H52N2O3. The number of alkyl carbamates (subject to hydrolysis) is 1. The average Bonchev–Trinajstić information content (AvgIpc) is 2.71. The topological polar surface area (TPSA) is 67.4 Å². The maximum atomic E-state index is 12.2. The second kappa shape index (κ2) is 17.2. The third kappa shape index (κ3) is 16.4. The summed E-state index contributed by atoms with van der Waals surface area (Å²) >= 11 is 0. The summed E-state index contributed by atoms with van der Waals surface area (Å²) in [6.45, 7) is 7.88. The van der Waals surface area contributed by atoms with Crippen LogP contribution >= 0.6 is 0 Å². The standard InChI is InChI=1S/C27H52N2O3/c1-5-6-7-8-9-10-11-12-13-14-15-16-17-18-25(30)28-23-19-21-24(22-20-23)29-26(31)32-27(2,3)4/h23-24H,5-22H2,1-4H3,(H,28,30)(H,29,31). The van der Waals surface area contributed by atoms with Crippen molar-refractivity contribution in [2.24, 2.45) is 0 Å². The van der Waals surface area contributed by atoms with Crippen LogP contribution in [0.4, 0.5) is 4.79 Å². The van der Waals surface area contributed by atoms with Crippen molar-refractivity contribution in [3.05, 3.63) is 0 Å². The first-order valence-electron chi connectivity index (χ1n) is 13.6. The smallest absolute Gasteiger partial charge is 0.407 e. The Kier molecular flexibility index (Phi) is 15.5. The van der Waals surface area contributed by atoms with Crippen molar-refractivity contribution in [1.82, 2.24) is 10.6 Å². The van der Waals surface area contributed by atoms with Crippen LogP contribution in [0, 0.1) is 0 Å². The van der Waals surface area contributed by atoms with Crippen LogP contribution in [-0.4, -0.2) is 29.7 Å². The zero-order chi connectivity index (χ0) is 23.7. The van der Waals surface area contributed by atoms with E-state index >= 15 is 0 Å². The second-order valence-electron chi connectivity index (χ2n) is 10.8. The van der Waals surface area contributed by atoms with Gasteiger partial charge >= 0.3 is 6.09 Å². The maximum absolute atomic E-state index is 12.2. The van der Waals surface area contributed by atoms with Crippen LogP contribution in [0.1, 0.15) is 143 Å². The molecule has 0 spiro atoms. The Labute approximate surface area is 198 Å². The molecule has 5 heteroatoms. The van der Waals surface area contributed by atoms with Gasteiger partial charge in [-0.25, -0.2) is 4.79 Å². The van der Waals surface area contributed by atoms with E-state index in [1.807, 2.05) is 20.8 Å². The van der Waals surface area contributed by atoms with E-state index in [1.54, 1.807) is 0 Å². The summed E-state index contributed by atoms with van der Waals surface area (Å²) in [5, 5.41) is 6.15. The number of unbranched alkanes of at least 4 members (excludes halogenated alkanes) is 12. The van der Waals surface area contributed by atoms with Crippen LogP contribution in [0.3, 0.4) is 0 Å². The number of nitrogens with one attached hydrogen (secondary N) is 2. The first-order valence-corrected chi connectivity index (χ1v) is 13.6. The van der Waals surface area contributed by atoms with Crippen molar-refractivity contribution in [1.29, 1.82) is 0 Å². The number of hydrogen-bond acceptors (Lipinski definition) is 3. The average molecular weight is 453 g/mol. The van der Waals surface area contributed by atoms with Gasteiger partial charge in [0.1, 0.15) is 5.60 Å². The summed E-state index contributed by atoms with van der Waals surface area (Å²) < 4.78 is 5.32. The summed E-state index contributed by atoms with van der Waals surface area (Å²) in [4.78, 5) is 24.1. The van der Waals surface area contributed by atoms with E-state index in [-0.39, 0.29) is 24.1 Å². The molecule has 0 bridgehead atoms. The van der Waals surface area contributed by atoms with Gasteiger partial charge in [0.25, 0.3) is 0 Å². The third-order valence-corrected chi connectivity index (χ3v) is 6.32. The fourth-order valence-electron chi connectivity index (χ4n) is 4.46. The molecule has 0 aromatic carbocycles. The Bertz CT molecular complexity index is 494. The lowest BCUT2D eigenvalue weighted by atomic mass is 9.91. The van der Waals surface area contributed by atoms with Crippen molar-refractivity contribution in [3.8, 4) is 0 Å². The Balaban J connectivity index is 1.93. The van der Waals surface area contributed by atoms with Gasteiger partial charge in [0, 0.05) is 18.5 Å². The van der Waals surface area contributed by atoms with Crippen LogP contribution in [0.2, 0.25) is 0 Å². The molecule has 0 aliphatic heterocycles. The normalized spacial score (nSPS) is 18.9. The predicted molar refractivity (Wildman–Crippen MR) is 134 cm³/mol. The Morgan fingerprint density at radius 1 is 0.688 bits per heavy atom. The van der Waals surface area contributed by atoms with Crippen molar-refractivity contribution in [3.63, 3.8) is 0 Å². The van der Waals surface area contributed by atoms with Crippen LogP contribution in [-0.2, 0) is 9.53 Å². The molecule has 0 aromatic heterocycles. The lowest BCUT2D eigenvalue weighted by molar-refractivity contribution is -0.122. The number of amides is 2. The van der Waals surface area contributed by atoms with E-state index in [1.165, 1.54) is 70.6 Å². The van der Waals surface area contributed by atoms with Gasteiger partial charge in [0.2, 0.25) is 5.91 Å². The third-order valence-electron chi connectivity index (χ3n) is 6.32. The SMILES string of the molecule is CCCCCCCCCCCCCCCC(=O)NC1CCC(NC(=O)OC(C)(C)C)CC1. The van der Waals surface area contributed by atoms with Gasteiger partial charge in [-0.15, -0.1) is 0 Å². The highest BCUT2D eigenvalue weighted by atomic mass is 16.6. The minimum absolute atomic E-state index is 0.152. The van der Waals surface area contributed by atoms with Crippen LogP contribution in [0.5, 0.6) is 0 Å². The number of hydrogen-bond donors (Lipinski definition) is 2. The van der Waals surface area contributed by atoms with Crippen LogP contribution in [0.15, 0.2) is 0 Å². The van der Waals surface area contributed by atoms with E-state index in [2.05, 4.69) is 17.6 Å². The van der Waals surface area contributed by atoms with Gasteiger partial charge in [0.05, 0.1) is 0 Å². The predicted octanol–water partition coefficient (Wildman–Crippen LogP) is 7.42. The van der Waals surface area contributed by atoms with Gasteiger partial charge in [-0.1, -0.05) is 84.0 Å². The molecule has 0 radical (unpaired) electrons. The summed E-state index contributed by atoms with van der Waals surface area (Å²) in [6.07, 6.45) is 21.2. The zero-order valence-electron chi connectivity index (χ0n) is 21.6. The van der Waals surface area contributed by atoms with Gasteiger partial charge in [-0.05, 0) is 52.9 Å². The molecule has 32 heavy (non-hydrogen) atoms. The fourth-order valence-corrected chi connectivity index (χ4v) is 4.46. The highest BCUT2D eigenvalue weighted by Gasteiger charge is 2.25. The maximum Gasteiger partial charge on any atom is 0.407 e. The largest absolute Gasteiger partial charge is 0.444 e. The molecule has 1 aliphatic rings. The molecule has 188 valence electrons. The van der Waals surface area contributed by atoms with Gasteiger partial charge < -0.3 is 15.4 Å². The summed E-state index contributed by atoms with van der Waals surface area (Å²) in [7, 11) is 0. The van der Waals surface area contributed by atoms with Crippen molar-refractivity contribution >= 4 is 12.0 Å². The van der Waals surface area contributed by atoms with Gasteiger partial charge in [-0.2, -0.15) is 0 Å². The Hall–Kier alpha value is -1.26. The van der Waals surface area contributed by atoms with Crippen molar-refractivity contribution in [2.45, 2.75) is 161 Å². The lowest BCUT2D eigenvalue weighted by Gasteiger charge is -2.30. The van der Waals surface area contributed by atoms with Crippen LogP contribution < -0.4 is 10.6 Å². The Morgan fingerprint density at radius 2 is 1.09 bits per heavy atom. The number of ether oxygens (including phenoxy) is 1. The number of carbonyl (C=O) groups excluding carboxylic acids is 2. The van der Waals surface area contributed by atoms with E-state index in [0.29, 0.717) is 6.42 Å². The molecular weight excluding hydrogens is 400 g/mol. The summed E-state index contributed by atoms with van der Waals surface area (Å²) in [5.74, 6) is 0.191. The molecule has 2 N–H and O–H groups in total. The molecule has 0 atom stereocenters.